The van der Waals surface area contributed by atoms with Crippen molar-refractivity contribution in [2.45, 2.75) is 19.0 Å². The maximum Gasteiger partial charge on any atom is 0.418 e. The lowest BCUT2D eigenvalue weighted by molar-refractivity contribution is -0.137. The minimum Gasteiger partial charge on any atom is -0.384 e. The number of alkyl halides is 3. The van der Waals surface area contributed by atoms with Gasteiger partial charge in [-0.15, -0.1) is 0 Å². The highest BCUT2D eigenvalue weighted by molar-refractivity contribution is 6.04. The number of carbonyl (C=O) groups excluding carboxylic acids is 1. The van der Waals surface area contributed by atoms with Crippen molar-refractivity contribution in [1.29, 1.82) is 0 Å². The maximum absolute atomic E-state index is 13.8. The minimum atomic E-state index is -4.53. The molecule has 1 aliphatic rings. The van der Waals surface area contributed by atoms with E-state index in [1.165, 1.54) is 12.1 Å². The van der Waals surface area contributed by atoms with Crippen LogP contribution in [0.2, 0.25) is 0 Å². The van der Waals surface area contributed by atoms with Crippen molar-refractivity contribution in [1.82, 2.24) is 10.3 Å². The largest absolute Gasteiger partial charge is 0.418 e. The smallest absolute Gasteiger partial charge is 0.384 e. The van der Waals surface area contributed by atoms with Crippen LogP contribution in [0.4, 0.5) is 30.4 Å². The number of halogens is 3. The van der Waals surface area contributed by atoms with Gasteiger partial charge >= 0.3 is 6.18 Å². The zero-order chi connectivity index (χ0) is 24.1. The number of piperazine rings is 1. The molecular weight excluding hydrogens is 443 g/mol. The first-order chi connectivity index (χ1) is 16.3. The monoisotopic (exact) mass is 469 g/mol. The molecule has 1 aromatic heterocycles. The maximum atomic E-state index is 13.8. The number of nitrogens with zero attached hydrogens (tertiary/aromatic N) is 2. The average Bonchev–Trinajstić information content (AvgIpc) is 2.84. The molecule has 3 aromatic rings. The molecule has 6 nitrogen and oxygen atoms in total. The fraction of sp³-hybridized carbons (Fsp3) is 0.280. The Labute approximate surface area is 196 Å². The Balaban J connectivity index is 1.47. The van der Waals surface area contributed by atoms with Crippen LogP contribution in [0.3, 0.4) is 0 Å². The van der Waals surface area contributed by atoms with Gasteiger partial charge in [-0.2, -0.15) is 13.2 Å². The summed E-state index contributed by atoms with van der Waals surface area (Å²) in [6.45, 7) is 2.24. The van der Waals surface area contributed by atoms with Crippen LogP contribution in [0.25, 0.3) is 0 Å². The predicted octanol–water partition coefficient (Wildman–Crippen LogP) is 4.13. The number of aryl methyl sites for hydroxylation is 2. The van der Waals surface area contributed by atoms with E-state index < -0.39 is 17.6 Å². The molecule has 4 rings (SSSR count). The lowest BCUT2D eigenvalue weighted by Gasteiger charge is -2.31. The number of nitrogens with one attached hydrogen (secondary N) is 2. The van der Waals surface area contributed by atoms with Gasteiger partial charge in [0.1, 0.15) is 5.82 Å². The van der Waals surface area contributed by atoms with Crippen LogP contribution in [0.15, 0.2) is 60.8 Å². The van der Waals surface area contributed by atoms with E-state index in [9.17, 15) is 18.0 Å². The third kappa shape index (κ3) is 5.85. The van der Waals surface area contributed by atoms with E-state index in [1.54, 1.807) is 35.4 Å². The number of anilines is 3. The molecule has 178 valence electrons. The molecule has 0 spiro atoms. The molecule has 1 amide bonds. The Kier molecular flexibility index (Phi) is 7.02. The summed E-state index contributed by atoms with van der Waals surface area (Å²) in [6, 6.07) is 14.7. The van der Waals surface area contributed by atoms with Crippen LogP contribution in [0, 0.1) is 0 Å². The summed E-state index contributed by atoms with van der Waals surface area (Å²) in [5.41, 5.74) is 7.43. The van der Waals surface area contributed by atoms with E-state index in [4.69, 9.17) is 5.73 Å². The van der Waals surface area contributed by atoms with Gasteiger partial charge in [0, 0.05) is 49.3 Å². The first kappa shape index (κ1) is 23.6. The Morgan fingerprint density at radius 2 is 1.79 bits per heavy atom. The molecule has 0 bridgehead atoms. The van der Waals surface area contributed by atoms with Crippen molar-refractivity contribution in [2.75, 3.05) is 42.1 Å². The van der Waals surface area contributed by atoms with Gasteiger partial charge in [-0.05, 0) is 60.4 Å². The number of amides is 1. The quantitative estimate of drug-likeness (QED) is 0.506. The third-order valence-corrected chi connectivity index (χ3v) is 5.76. The second-order valence-electron chi connectivity index (χ2n) is 8.21. The summed E-state index contributed by atoms with van der Waals surface area (Å²) in [7, 11) is 0. The second kappa shape index (κ2) is 10.1. The van der Waals surface area contributed by atoms with Gasteiger partial charge in [0.2, 0.25) is 0 Å². The van der Waals surface area contributed by atoms with E-state index >= 15 is 0 Å². The standard InChI is InChI=1S/C25H26F3N5O/c26-25(27,28)21-15-20(7-8-22(21)33-12-10-30-11-13-33)32-24(34)19-3-1-2-17(14-19)4-5-18-6-9-23(29)31-16-18/h1-3,6-9,14-16,30H,4-5,10-13H2,(H2,29,31)(H,32,34). The average molecular weight is 470 g/mol. The summed E-state index contributed by atoms with van der Waals surface area (Å²) in [5.74, 6) is -0.00360. The van der Waals surface area contributed by atoms with Gasteiger partial charge in [-0.25, -0.2) is 4.98 Å². The fourth-order valence-electron chi connectivity index (χ4n) is 3.97. The first-order valence-electron chi connectivity index (χ1n) is 11.1. The summed E-state index contributed by atoms with van der Waals surface area (Å²) in [6.07, 6.45) is -1.41. The van der Waals surface area contributed by atoms with Crippen molar-refractivity contribution in [2.24, 2.45) is 0 Å². The van der Waals surface area contributed by atoms with Crippen LogP contribution in [0.5, 0.6) is 0 Å². The Hall–Kier alpha value is -3.59. The summed E-state index contributed by atoms with van der Waals surface area (Å²) in [5, 5.41) is 5.75. The molecule has 0 unspecified atom stereocenters. The van der Waals surface area contributed by atoms with Gasteiger partial charge in [-0.1, -0.05) is 18.2 Å². The zero-order valence-electron chi connectivity index (χ0n) is 18.5. The molecule has 1 saturated heterocycles. The van der Waals surface area contributed by atoms with Crippen molar-refractivity contribution in [3.8, 4) is 0 Å². The molecule has 1 fully saturated rings. The van der Waals surface area contributed by atoms with Gasteiger partial charge in [0.05, 0.1) is 5.56 Å². The predicted molar refractivity (Wildman–Crippen MR) is 127 cm³/mol. The van der Waals surface area contributed by atoms with Gasteiger partial charge in [0.15, 0.2) is 0 Å². The molecule has 2 aromatic carbocycles. The van der Waals surface area contributed by atoms with Crippen LogP contribution in [-0.4, -0.2) is 37.1 Å². The van der Waals surface area contributed by atoms with Gasteiger partial charge in [0.25, 0.3) is 5.91 Å². The normalized spacial score (nSPS) is 14.1. The molecule has 0 radical (unpaired) electrons. The summed E-state index contributed by atoms with van der Waals surface area (Å²) >= 11 is 0. The van der Waals surface area contributed by atoms with Crippen LogP contribution < -0.4 is 21.3 Å². The SMILES string of the molecule is Nc1ccc(CCc2cccc(C(=O)Nc3ccc(N4CCNCC4)c(C(F)(F)F)c3)c2)cn1. The lowest BCUT2D eigenvalue weighted by atomic mass is 10.0. The number of rotatable bonds is 6. The van der Waals surface area contributed by atoms with E-state index in [0.717, 1.165) is 23.6 Å². The fourth-order valence-corrected chi connectivity index (χ4v) is 3.97. The van der Waals surface area contributed by atoms with Crippen LogP contribution >= 0.6 is 0 Å². The van der Waals surface area contributed by atoms with E-state index in [0.29, 0.717) is 44.0 Å². The number of nitrogen functional groups attached to an aromatic ring is 1. The number of carbonyl (C=O) groups is 1. The second-order valence-corrected chi connectivity index (χ2v) is 8.21. The molecule has 0 saturated carbocycles. The Morgan fingerprint density at radius 1 is 1.03 bits per heavy atom. The first-order valence-corrected chi connectivity index (χ1v) is 11.1. The van der Waals surface area contributed by atoms with Gasteiger partial charge in [-0.3, -0.25) is 4.79 Å². The molecule has 4 N–H and O–H groups in total. The highest BCUT2D eigenvalue weighted by atomic mass is 19.4. The molecule has 9 heteroatoms. The van der Waals surface area contributed by atoms with Crippen molar-refractivity contribution in [3.05, 3.63) is 83.0 Å². The van der Waals surface area contributed by atoms with Crippen LogP contribution in [-0.2, 0) is 19.0 Å². The number of benzene rings is 2. The van der Waals surface area contributed by atoms with Crippen molar-refractivity contribution >= 4 is 23.1 Å². The number of nitrogens with two attached hydrogens (primary N) is 1. The highest BCUT2D eigenvalue weighted by Gasteiger charge is 2.35. The van der Waals surface area contributed by atoms with E-state index in [1.807, 2.05) is 12.1 Å². The number of aromatic nitrogens is 1. The molecule has 34 heavy (non-hydrogen) atoms. The molecule has 2 heterocycles. The molecule has 0 atom stereocenters. The number of hydrogen-bond acceptors (Lipinski definition) is 5. The minimum absolute atomic E-state index is 0.106. The van der Waals surface area contributed by atoms with E-state index in [-0.39, 0.29) is 11.4 Å². The Bertz CT molecular complexity index is 1140. The van der Waals surface area contributed by atoms with Crippen molar-refractivity contribution < 1.29 is 18.0 Å². The highest BCUT2D eigenvalue weighted by Crippen LogP contribution is 2.38. The Morgan fingerprint density at radius 3 is 2.50 bits per heavy atom. The summed E-state index contributed by atoms with van der Waals surface area (Å²) < 4.78 is 41.3. The zero-order valence-corrected chi connectivity index (χ0v) is 18.5. The van der Waals surface area contributed by atoms with Gasteiger partial charge < -0.3 is 21.3 Å². The molecule has 0 aliphatic carbocycles. The van der Waals surface area contributed by atoms with Crippen molar-refractivity contribution in [3.63, 3.8) is 0 Å². The molecular formula is C25H26F3N5O. The number of hydrogen-bond donors (Lipinski definition) is 3. The molecule has 1 aliphatic heterocycles. The van der Waals surface area contributed by atoms with Crippen LogP contribution in [0.1, 0.15) is 27.0 Å². The third-order valence-electron chi connectivity index (χ3n) is 5.76. The van der Waals surface area contributed by atoms with E-state index in [2.05, 4.69) is 15.6 Å². The number of pyridine rings is 1. The topological polar surface area (TPSA) is 83.3 Å². The lowest BCUT2D eigenvalue weighted by Crippen LogP contribution is -2.44. The summed E-state index contributed by atoms with van der Waals surface area (Å²) in [4.78, 5) is 18.6.